The van der Waals surface area contributed by atoms with Crippen LogP contribution in [-0.2, 0) is 54.4 Å². The Morgan fingerprint density at radius 3 is 1.81 bits per heavy atom. The van der Waals surface area contributed by atoms with Crippen molar-refractivity contribution >= 4 is 43.0 Å². The van der Waals surface area contributed by atoms with Crippen molar-refractivity contribution in [2.24, 2.45) is 0 Å². The molecule has 1 saturated carbocycles. The first-order chi connectivity index (χ1) is 12.1. The van der Waals surface area contributed by atoms with E-state index in [1.54, 1.807) is 0 Å². The molecule has 0 amide bonds. The standard InChI is InChI=1S/C12H24O10S4/c13-23(14)21-25(16,17)10-6-1-2-7-11-26(18,19)22-24(15)20-12-8-4-3-5-9-12/h12H,1-11H2,(H,13,14)/p-1. The molecule has 0 heterocycles. The lowest BCUT2D eigenvalue weighted by molar-refractivity contribution is 0.161. The van der Waals surface area contributed by atoms with E-state index >= 15 is 0 Å². The molecule has 0 aliphatic heterocycles. The molecule has 10 nitrogen and oxygen atoms in total. The zero-order chi connectivity index (χ0) is 19.6. The fourth-order valence-electron chi connectivity index (χ4n) is 2.44. The Balaban J connectivity index is 2.18. The van der Waals surface area contributed by atoms with E-state index in [4.69, 9.17) is 4.18 Å². The van der Waals surface area contributed by atoms with Gasteiger partial charge >= 0.3 is 11.4 Å². The average molecular weight is 456 g/mol. The first kappa shape index (κ1) is 24.1. The first-order valence-electron chi connectivity index (χ1n) is 8.13. The normalized spacial score (nSPS) is 19.3. The number of rotatable bonds is 13. The van der Waals surface area contributed by atoms with Gasteiger partial charge in [-0.1, -0.05) is 32.1 Å². The quantitative estimate of drug-likeness (QED) is 0.290. The molecule has 0 aromatic rings. The monoisotopic (exact) mass is 455 g/mol. The molecule has 0 aromatic carbocycles. The Labute approximate surface area is 159 Å². The third-order valence-corrected chi connectivity index (χ3v) is 8.18. The third-order valence-electron chi connectivity index (χ3n) is 3.62. The summed E-state index contributed by atoms with van der Waals surface area (Å²) in [7, 11) is -8.15. The molecule has 0 bridgehead atoms. The topological polar surface area (TPSA) is 153 Å². The minimum Gasteiger partial charge on any atom is -0.749 e. The molecule has 0 spiro atoms. The van der Waals surface area contributed by atoms with Gasteiger partial charge in [-0.2, -0.15) is 24.7 Å². The number of unbranched alkanes of at least 4 members (excludes halogenated alkanes) is 3. The second-order valence-corrected chi connectivity index (χ2v) is 11.0. The highest BCUT2D eigenvalue weighted by Gasteiger charge is 2.22. The van der Waals surface area contributed by atoms with Crippen molar-refractivity contribution < 1.29 is 41.2 Å². The summed E-state index contributed by atoms with van der Waals surface area (Å²) in [5, 5.41) is 0. The summed E-state index contributed by atoms with van der Waals surface area (Å²) >= 11 is -5.49. The molecule has 0 N–H and O–H groups in total. The van der Waals surface area contributed by atoms with Crippen LogP contribution in [0.25, 0.3) is 0 Å². The van der Waals surface area contributed by atoms with Gasteiger partial charge in [0, 0.05) is 0 Å². The van der Waals surface area contributed by atoms with E-state index in [9.17, 15) is 29.8 Å². The summed E-state index contributed by atoms with van der Waals surface area (Å²) < 4.78 is 90.9. The van der Waals surface area contributed by atoms with Crippen LogP contribution in [0.5, 0.6) is 0 Å². The van der Waals surface area contributed by atoms with Gasteiger partial charge in [-0.3, -0.25) is 4.18 Å². The zero-order valence-electron chi connectivity index (χ0n) is 14.1. The second kappa shape index (κ2) is 11.8. The van der Waals surface area contributed by atoms with Crippen molar-refractivity contribution in [3.63, 3.8) is 0 Å². The van der Waals surface area contributed by atoms with Crippen molar-refractivity contribution in [1.29, 1.82) is 0 Å². The molecule has 2 atom stereocenters. The minimum absolute atomic E-state index is 0.122. The smallest absolute Gasteiger partial charge is 0.320 e. The van der Waals surface area contributed by atoms with Gasteiger partial charge in [0.25, 0.3) is 20.2 Å². The lowest BCUT2D eigenvalue weighted by Crippen LogP contribution is -2.21. The van der Waals surface area contributed by atoms with Crippen molar-refractivity contribution in [3.8, 4) is 0 Å². The Kier molecular flexibility index (Phi) is 10.9. The summed E-state index contributed by atoms with van der Waals surface area (Å²) in [4.78, 5) is 0. The van der Waals surface area contributed by atoms with Gasteiger partial charge < -0.3 is 4.55 Å². The summed E-state index contributed by atoms with van der Waals surface area (Å²) in [6.45, 7) is 0. The second-order valence-electron chi connectivity index (χ2n) is 5.84. The van der Waals surface area contributed by atoms with Gasteiger partial charge in [0.05, 0.1) is 17.6 Å². The van der Waals surface area contributed by atoms with Crippen molar-refractivity contribution in [1.82, 2.24) is 0 Å². The van der Waals surface area contributed by atoms with Crippen LogP contribution < -0.4 is 0 Å². The largest absolute Gasteiger partial charge is 0.749 e. The van der Waals surface area contributed by atoms with Gasteiger partial charge in [0.1, 0.15) is 11.4 Å². The molecule has 0 aromatic heterocycles. The van der Waals surface area contributed by atoms with Crippen LogP contribution in [0.4, 0.5) is 0 Å². The van der Waals surface area contributed by atoms with E-state index in [2.05, 4.69) is 7.26 Å². The van der Waals surface area contributed by atoms with Crippen LogP contribution in [0, 0.1) is 0 Å². The van der Waals surface area contributed by atoms with Crippen LogP contribution >= 0.6 is 0 Å². The summed E-state index contributed by atoms with van der Waals surface area (Å²) in [6, 6.07) is 0. The zero-order valence-corrected chi connectivity index (χ0v) is 17.3. The highest BCUT2D eigenvalue weighted by molar-refractivity contribution is 7.95. The van der Waals surface area contributed by atoms with Crippen molar-refractivity contribution in [3.05, 3.63) is 0 Å². The first-order valence-corrected chi connectivity index (χ1v) is 13.3. The van der Waals surface area contributed by atoms with Gasteiger partial charge in [-0.05, 0) is 25.7 Å². The number of hydrogen-bond donors (Lipinski definition) is 0. The maximum Gasteiger partial charge on any atom is 0.320 e. The van der Waals surface area contributed by atoms with E-state index in [1.165, 1.54) is 0 Å². The summed E-state index contributed by atoms with van der Waals surface area (Å²) in [6.07, 6.45) is 5.18. The lowest BCUT2D eigenvalue weighted by Gasteiger charge is -2.20. The number of hydrogen-bond acceptors (Lipinski definition) is 10. The molecular weight excluding hydrogens is 432 g/mol. The molecule has 0 radical (unpaired) electrons. The molecule has 156 valence electrons. The van der Waals surface area contributed by atoms with E-state index in [0.717, 1.165) is 32.1 Å². The lowest BCUT2D eigenvalue weighted by atomic mass is 9.98. The van der Waals surface area contributed by atoms with Crippen LogP contribution in [0.2, 0.25) is 0 Å². The van der Waals surface area contributed by atoms with E-state index in [0.29, 0.717) is 12.8 Å². The Bertz CT molecular complexity index is 666. The fraction of sp³-hybridized carbons (Fsp3) is 1.00. The molecule has 1 aliphatic rings. The van der Waals surface area contributed by atoms with Crippen molar-refractivity contribution in [2.45, 2.75) is 63.9 Å². The van der Waals surface area contributed by atoms with E-state index < -0.39 is 48.7 Å². The molecule has 0 saturated heterocycles. The fourth-order valence-corrected chi connectivity index (χ4v) is 5.99. The maximum absolute atomic E-state index is 11.7. The molecule has 14 heteroatoms. The average Bonchev–Trinajstić information content (AvgIpc) is 2.49. The van der Waals surface area contributed by atoms with Gasteiger partial charge in [0.2, 0.25) is 0 Å². The molecule has 1 aliphatic carbocycles. The third kappa shape index (κ3) is 11.7. The Hall–Kier alpha value is 0.0400. The summed E-state index contributed by atoms with van der Waals surface area (Å²) in [5.74, 6) is -0.857. The SMILES string of the molecule is O=S([O-])OS(=O)(=O)CCCCCCS(=O)(=O)OS(=O)OC1CCCCC1. The van der Waals surface area contributed by atoms with E-state index in [-0.39, 0.29) is 24.7 Å². The van der Waals surface area contributed by atoms with Gasteiger partial charge in [-0.15, -0.1) is 3.63 Å². The van der Waals surface area contributed by atoms with Crippen molar-refractivity contribution in [2.75, 3.05) is 11.5 Å². The molecule has 1 fully saturated rings. The minimum atomic E-state index is -4.14. The Morgan fingerprint density at radius 1 is 0.808 bits per heavy atom. The Morgan fingerprint density at radius 2 is 1.31 bits per heavy atom. The highest BCUT2D eigenvalue weighted by atomic mass is 32.3. The summed E-state index contributed by atoms with van der Waals surface area (Å²) in [5.41, 5.74) is 0. The predicted octanol–water partition coefficient (Wildman–Crippen LogP) is 0.962. The van der Waals surface area contributed by atoms with E-state index in [1.807, 2.05) is 0 Å². The molecule has 1 rings (SSSR count). The molecule has 26 heavy (non-hydrogen) atoms. The molecule has 2 unspecified atom stereocenters. The van der Waals surface area contributed by atoms with Crippen LogP contribution in [0.1, 0.15) is 57.8 Å². The van der Waals surface area contributed by atoms with Crippen LogP contribution in [0.3, 0.4) is 0 Å². The maximum atomic E-state index is 11.7. The molecular formula is C12H23O10S4-. The van der Waals surface area contributed by atoms with Gasteiger partial charge in [-0.25, -0.2) is 4.21 Å². The van der Waals surface area contributed by atoms with Crippen LogP contribution in [0.15, 0.2) is 0 Å². The highest BCUT2D eigenvalue weighted by Crippen LogP contribution is 2.21. The predicted molar refractivity (Wildman–Crippen MR) is 93.2 cm³/mol. The van der Waals surface area contributed by atoms with Crippen LogP contribution in [-0.4, -0.2) is 47.4 Å². The van der Waals surface area contributed by atoms with Gasteiger partial charge in [0.15, 0.2) is 0 Å².